The van der Waals surface area contributed by atoms with E-state index < -0.39 is 6.04 Å². The van der Waals surface area contributed by atoms with Crippen molar-refractivity contribution in [1.29, 1.82) is 0 Å². The standard InChI is InChI=1S/C27H34FN3O2/c1-15-6-9-24(26(32)29-15)31-14-22-21(27(31)33)8-7-17(25(22)28)10-16-4-2-3-5-23(16)30-20-12-18-11-19(18)13-20/h7-8,16,18-20,23-24,30H,1-6,9-14H2,(H,29,32)/t16-,18?,19?,20?,23+,24?/m1/s1. The van der Waals surface area contributed by atoms with Gasteiger partial charge in [0.1, 0.15) is 11.9 Å². The number of hydrogen-bond acceptors (Lipinski definition) is 3. The molecule has 4 fully saturated rings. The van der Waals surface area contributed by atoms with Gasteiger partial charge in [-0.15, -0.1) is 0 Å². The summed E-state index contributed by atoms with van der Waals surface area (Å²) in [7, 11) is 0. The number of rotatable bonds is 5. The predicted octanol–water partition coefficient (Wildman–Crippen LogP) is 4.06. The molecule has 5 atom stereocenters. The molecule has 6 rings (SSSR count). The molecule has 3 unspecified atom stereocenters. The Morgan fingerprint density at radius 3 is 2.67 bits per heavy atom. The first-order valence-corrected chi connectivity index (χ1v) is 12.8. The molecule has 1 aromatic rings. The summed E-state index contributed by atoms with van der Waals surface area (Å²) in [6.07, 6.45) is 10.7. The first-order chi connectivity index (χ1) is 16.0. The van der Waals surface area contributed by atoms with Gasteiger partial charge in [-0.25, -0.2) is 4.39 Å². The Balaban J connectivity index is 1.17. The Kier molecular flexibility index (Phi) is 5.32. The summed E-state index contributed by atoms with van der Waals surface area (Å²) in [5, 5.41) is 6.70. The van der Waals surface area contributed by atoms with Crippen molar-refractivity contribution in [1.82, 2.24) is 15.5 Å². The molecule has 0 aromatic heterocycles. The highest BCUT2D eigenvalue weighted by Crippen LogP contribution is 2.52. The van der Waals surface area contributed by atoms with E-state index in [9.17, 15) is 9.59 Å². The maximum atomic E-state index is 15.7. The average Bonchev–Trinajstić information content (AvgIpc) is 3.26. The van der Waals surface area contributed by atoms with E-state index in [1.54, 1.807) is 6.07 Å². The molecule has 0 spiro atoms. The van der Waals surface area contributed by atoms with Gasteiger partial charge in [0, 0.05) is 28.9 Å². The largest absolute Gasteiger partial charge is 0.329 e. The number of nitrogens with one attached hydrogen (secondary N) is 2. The quantitative estimate of drug-likeness (QED) is 0.710. The molecule has 1 aromatic carbocycles. The topological polar surface area (TPSA) is 61.4 Å². The summed E-state index contributed by atoms with van der Waals surface area (Å²) in [5.41, 5.74) is 2.28. The summed E-state index contributed by atoms with van der Waals surface area (Å²) < 4.78 is 15.7. The summed E-state index contributed by atoms with van der Waals surface area (Å²) in [5.74, 6) is 1.67. The van der Waals surface area contributed by atoms with Gasteiger partial charge in [0.15, 0.2) is 0 Å². The number of carbonyl (C=O) groups excluding carboxylic acids is 2. The van der Waals surface area contributed by atoms with E-state index in [1.807, 2.05) is 6.07 Å². The summed E-state index contributed by atoms with van der Waals surface area (Å²) >= 11 is 0. The van der Waals surface area contributed by atoms with Gasteiger partial charge in [0.25, 0.3) is 5.91 Å². The van der Waals surface area contributed by atoms with Crippen molar-refractivity contribution >= 4 is 11.8 Å². The number of halogens is 1. The van der Waals surface area contributed by atoms with Gasteiger partial charge < -0.3 is 15.5 Å². The number of fused-ring (bicyclic) bond motifs is 2. The molecular weight excluding hydrogens is 417 g/mol. The number of piperidine rings is 1. The van der Waals surface area contributed by atoms with Gasteiger partial charge in [-0.2, -0.15) is 0 Å². The van der Waals surface area contributed by atoms with E-state index in [4.69, 9.17) is 0 Å². The molecule has 3 aliphatic carbocycles. The zero-order chi connectivity index (χ0) is 22.7. The fourth-order valence-electron chi connectivity index (χ4n) is 7.00. The summed E-state index contributed by atoms with van der Waals surface area (Å²) in [4.78, 5) is 27.0. The van der Waals surface area contributed by atoms with Crippen LogP contribution in [-0.2, 0) is 17.8 Å². The fourth-order valence-corrected chi connectivity index (χ4v) is 7.00. The number of nitrogens with zero attached hydrogens (tertiary/aromatic N) is 1. The highest BCUT2D eigenvalue weighted by Gasteiger charge is 2.46. The van der Waals surface area contributed by atoms with Crippen LogP contribution in [0.1, 0.15) is 79.3 Å². The minimum atomic E-state index is -0.553. The molecule has 0 radical (unpaired) electrons. The maximum Gasteiger partial charge on any atom is 0.255 e. The monoisotopic (exact) mass is 451 g/mol. The Labute approximate surface area is 195 Å². The first kappa shape index (κ1) is 21.3. The molecule has 5 aliphatic rings. The van der Waals surface area contributed by atoms with E-state index in [2.05, 4.69) is 17.2 Å². The SMILES string of the molecule is C=C1CCC(N2Cc3c(ccc(C[C@H]4CCCC[C@@H]4NC4CC5CC5C4)c3F)C2=O)C(=O)N1. The van der Waals surface area contributed by atoms with Crippen molar-refractivity contribution in [3.63, 3.8) is 0 Å². The van der Waals surface area contributed by atoms with Crippen molar-refractivity contribution in [2.24, 2.45) is 17.8 Å². The van der Waals surface area contributed by atoms with E-state index in [-0.39, 0.29) is 24.2 Å². The van der Waals surface area contributed by atoms with Crippen LogP contribution >= 0.6 is 0 Å². The van der Waals surface area contributed by atoms with Gasteiger partial charge in [0.05, 0.1) is 6.54 Å². The third kappa shape index (κ3) is 3.90. The first-order valence-electron chi connectivity index (χ1n) is 12.8. The van der Waals surface area contributed by atoms with Crippen LogP contribution in [0.3, 0.4) is 0 Å². The second-order valence-electron chi connectivity index (χ2n) is 11.1. The van der Waals surface area contributed by atoms with Crippen LogP contribution in [0.5, 0.6) is 0 Å². The molecule has 2 heterocycles. The Bertz CT molecular complexity index is 997. The molecule has 1 saturated heterocycles. The third-order valence-corrected chi connectivity index (χ3v) is 8.93. The molecule has 2 aliphatic heterocycles. The number of amides is 2. The van der Waals surface area contributed by atoms with Gasteiger partial charge in [-0.3, -0.25) is 9.59 Å². The minimum Gasteiger partial charge on any atom is -0.329 e. The van der Waals surface area contributed by atoms with Crippen molar-refractivity contribution in [2.45, 2.75) is 88.9 Å². The van der Waals surface area contributed by atoms with Crippen molar-refractivity contribution in [3.05, 3.63) is 46.9 Å². The van der Waals surface area contributed by atoms with Gasteiger partial charge in [0.2, 0.25) is 5.91 Å². The predicted molar refractivity (Wildman–Crippen MR) is 124 cm³/mol. The lowest BCUT2D eigenvalue weighted by atomic mass is 9.79. The second-order valence-corrected chi connectivity index (χ2v) is 11.1. The summed E-state index contributed by atoms with van der Waals surface area (Å²) in [6.45, 7) is 3.98. The Morgan fingerprint density at radius 2 is 1.88 bits per heavy atom. The minimum absolute atomic E-state index is 0.176. The third-order valence-electron chi connectivity index (χ3n) is 8.93. The maximum absolute atomic E-state index is 15.7. The van der Waals surface area contributed by atoms with Crippen LogP contribution in [0.15, 0.2) is 24.4 Å². The van der Waals surface area contributed by atoms with Crippen molar-refractivity contribution in [3.8, 4) is 0 Å². The summed E-state index contributed by atoms with van der Waals surface area (Å²) in [6, 6.07) is 4.15. The molecule has 6 heteroatoms. The highest BCUT2D eigenvalue weighted by atomic mass is 19.1. The molecule has 33 heavy (non-hydrogen) atoms. The lowest BCUT2D eigenvalue weighted by molar-refractivity contribution is -0.126. The molecule has 176 valence electrons. The lowest BCUT2D eigenvalue weighted by Gasteiger charge is -2.35. The average molecular weight is 452 g/mol. The van der Waals surface area contributed by atoms with Crippen LogP contribution in [-0.4, -0.2) is 34.8 Å². The van der Waals surface area contributed by atoms with Crippen LogP contribution < -0.4 is 10.6 Å². The number of benzene rings is 1. The van der Waals surface area contributed by atoms with Crippen LogP contribution in [0.25, 0.3) is 0 Å². The zero-order valence-corrected chi connectivity index (χ0v) is 19.2. The van der Waals surface area contributed by atoms with E-state index in [1.165, 1.54) is 43.4 Å². The van der Waals surface area contributed by atoms with E-state index in [0.29, 0.717) is 54.1 Å². The highest BCUT2D eigenvalue weighted by molar-refractivity contribution is 6.01. The molecule has 3 saturated carbocycles. The van der Waals surface area contributed by atoms with Crippen LogP contribution in [0, 0.1) is 23.6 Å². The number of hydrogen-bond donors (Lipinski definition) is 2. The number of allylic oxidation sites excluding steroid dienone is 1. The Hall–Kier alpha value is -2.21. The molecule has 5 nitrogen and oxygen atoms in total. The molecule has 2 N–H and O–H groups in total. The number of carbonyl (C=O) groups is 2. The second kappa shape index (κ2) is 8.23. The van der Waals surface area contributed by atoms with Gasteiger partial charge >= 0.3 is 0 Å². The molecule has 2 amide bonds. The van der Waals surface area contributed by atoms with Crippen LogP contribution in [0.4, 0.5) is 4.39 Å². The smallest absolute Gasteiger partial charge is 0.255 e. The van der Waals surface area contributed by atoms with Crippen LogP contribution in [0.2, 0.25) is 0 Å². The van der Waals surface area contributed by atoms with E-state index in [0.717, 1.165) is 23.8 Å². The van der Waals surface area contributed by atoms with Gasteiger partial charge in [-0.1, -0.05) is 25.5 Å². The molecule has 0 bridgehead atoms. The van der Waals surface area contributed by atoms with Crippen molar-refractivity contribution < 1.29 is 14.0 Å². The zero-order valence-electron chi connectivity index (χ0n) is 19.2. The van der Waals surface area contributed by atoms with Crippen molar-refractivity contribution in [2.75, 3.05) is 0 Å². The normalized spacial score (nSPS) is 35.4. The Morgan fingerprint density at radius 1 is 1.09 bits per heavy atom. The lowest BCUT2D eigenvalue weighted by Crippen LogP contribution is -2.49. The fraction of sp³-hybridized carbons (Fsp3) is 0.630. The van der Waals surface area contributed by atoms with Gasteiger partial charge in [-0.05, 0) is 80.8 Å². The van der Waals surface area contributed by atoms with E-state index >= 15 is 4.39 Å². The molecular formula is C27H34FN3O2.